The van der Waals surface area contributed by atoms with Crippen molar-refractivity contribution in [3.8, 4) is 0 Å². The summed E-state index contributed by atoms with van der Waals surface area (Å²) in [5, 5.41) is 2.95. The Kier molecular flexibility index (Phi) is 14.0. The van der Waals surface area contributed by atoms with Crippen LogP contribution in [0.5, 0.6) is 0 Å². The zero-order valence-electron chi connectivity index (χ0n) is 17.1. The van der Waals surface area contributed by atoms with Gasteiger partial charge in [0, 0.05) is 49.7 Å². The van der Waals surface area contributed by atoms with Crippen molar-refractivity contribution in [1.29, 1.82) is 0 Å². The van der Waals surface area contributed by atoms with E-state index in [4.69, 9.17) is 4.74 Å². The van der Waals surface area contributed by atoms with Gasteiger partial charge < -0.3 is 19.9 Å². The first-order chi connectivity index (χ1) is 12.5. The van der Waals surface area contributed by atoms with Crippen molar-refractivity contribution in [2.24, 2.45) is 5.92 Å². The van der Waals surface area contributed by atoms with Crippen molar-refractivity contribution >= 4 is 28.5 Å². The van der Waals surface area contributed by atoms with Crippen LogP contribution in [0.2, 0.25) is 0 Å². The molecule has 154 valence electrons. The van der Waals surface area contributed by atoms with Crippen LogP contribution in [0.25, 0.3) is 0 Å². The molecule has 1 aliphatic heterocycles. The van der Waals surface area contributed by atoms with E-state index in [0.717, 1.165) is 38.3 Å². The number of rotatable bonds is 14. The van der Waals surface area contributed by atoms with Crippen molar-refractivity contribution in [3.05, 3.63) is 0 Å². The molecule has 0 saturated carbocycles. The molecule has 0 bridgehead atoms. The standard InChI is InChI=1S/C20H40IN3O2/c1-18(2)7-11-24-14-12-23(13-15-24)10-5-4-6-20(25)22-9-17-26-16-8-19(3)21/h18-19H,4-17H2,1-3H3,(H,22,25). The molecule has 1 rings (SSSR count). The molecule has 1 N–H and O–H groups in total. The molecule has 6 heteroatoms. The average Bonchev–Trinajstić information content (AvgIpc) is 2.60. The Balaban J connectivity index is 1.91. The largest absolute Gasteiger partial charge is 0.380 e. The lowest BCUT2D eigenvalue weighted by molar-refractivity contribution is -0.121. The van der Waals surface area contributed by atoms with E-state index >= 15 is 0 Å². The molecule has 1 atom stereocenters. The van der Waals surface area contributed by atoms with Crippen LogP contribution in [0.3, 0.4) is 0 Å². The van der Waals surface area contributed by atoms with Crippen molar-refractivity contribution < 1.29 is 9.53 Å². The lowest BCUT2D eigenvalue weighted by atomic mass is 10.1. The maximum Gasteiger partial charge on any atom is 0.220 e. The minimum Gasteiger partial charge on any atom is -0.380 e. The van der Waals surface area contributed by atoms with Gasteiger partial charge in [0.1, 0.15) is 0 Å². The van der Waals surface area contributed by atoms with Crippen molar-refractivity contribution in [2.75, 3.05) is 59.0 Å². The molecule has 0 spiro atoms. The van der Waals surface area contributed by atoms with Gasteiger partial charge in [0.2, 0.25) is 5.91 Å². The maximum absolute atomic E-state index is 11.8. The van der Waals surface area contributed by atoms with Gasteiger partial charge in [-0.3, -0.25) is 4.79 Å². The third-order valence-electron chi connectivity index (χ3n) is 4.84. The molecule has 1 unspecified atom stereocenters. The molecule has 0 aromatic heterocycles. The van der Waals surface area contributed by atoms with E-state index in [9.17, 15) is 4.79 Å². The maximum atomic E-state index is 11.8. The number of piperazine rings is 1. The number of carbonyl (C=O) groups is 1. The summed E-state index contributed by atoms with van der Waals surface area (Å²) in [7, 11) is 0. The summed E-state index contributed by atoms with van der Waals surface area (Å²) >= 11 is 2.40. The summed E-state index contributed by atoms with van der Waals surface area (Å²) in [6.45, 7) is 15.9. The molecule has 5 nitrogen and oxygen atoms in total. The van der Waals surface area contributed by atoms with E-state index in [1.54, 1.807) is 0 Å². The second-order valence-corrected chi connectivity index (χ2v) is 9.98. The Morgan fingerprint density at radius 2 is 1.65 bits per heavy atom. The Morgan fingerprint density at radius 1 is 1.00 bits per heavy atom. The fourth-order valence-corrected chi connectivity index (χ4v) is 3.25. The molecule has 0 radical (unpaired) electrons. The van der Waals surface area contributed by atoms with Crippen molar-refractivity contribution in [3.63, 3.8) is 0 Å². The minimum absolute atomic E-state index is 0.161. The van der Waals surface area contributed by atoms with Gasteiger partial charge in [-0.05, 0) is 44.7 Å². The second-order valence-electron chi connectivity index (χ2n) is 7.85. The van der Waals surface area contributed by atoms with Crippen LogP contribution in [0, 0.1) is 5.92 Å². The molecule has 1 saturated heterocycles. The fraction of sp³-hybridized carbons (Fsp3) is 0.950. The van der Waals surface area contributed by atoms with Gasteiger partial charge in [0.05, 0.1) is 6.61 Å². The number of halogens is 1. The lowest BCUT2D eigenvalue weighted by Gasteiger charge is -2.35. The van der Waals surface area contributed by atoms with Crippen LogP contribution in [0.15, 0.2) is 0 Å². The van der Waals surface area contributed by atoms with Gasteiger partial charge in [-0.2, -0.15) is 0 Å². The molecular weight excluding hydrogens is 441 g/mol. The van der Waals surface area contributed by atoms with Gasteiger partial charge >= 0.3 is 0 Å². The first-order valence-corrected chi connectivity index (χ1v) is 11.6. The molecule has 1 heterocycles. The molecule has 1 amide bonds. The highest BCUT2D eigenvalue weighted by Crippen LogP contribution is 2.08. The number of alkyl halides is 1. The topological polar surface area (TPSA) is 44.8 Å². The minimum atomic E-state index is 0.161. The average molecular weight is 481 g/mol. The quantitative estimate of drug-likeness (QED) is 0.235. The molecular formula is C20H40IN3O2. The third kappa shape index (κ3) is 13.3. The molecule has 1 aliphatic rings. The summed E-state index contributed by atoms with van der Waals surface area (Å²) in [4.78, 5) is 17.0. The van der Waals surface area contributed by atoms with E-state index in [2.05, 4.69) is 58.5 Å². The normalized spacial score (nSPS) is 17.6. The number of nitrogens with zero attached hydrogens (tertiary/aromatic N) is 2. The van der Waals surface area contributed by atoms with Crippen LogP contribution in [0.4, 0.5) is 0 Å². The Labute approximate surface area is 174 Å². The molecule has 1 fully saturated rings. The van der Waals surface area contributed by atoms with Gasteiger partial charge in [-0.1, -0.05) is 43.4 Å². The number of amides is 1. The van der Waals surface area contributed by atoms with Gasteiger partial charge in [-0.15, -0.1) is 0 Å². The van der Waals surface area contributed by atoms with Crippen LogP contribution < -0.4 is 5.32 Å². The number of unbranched alkanes of at least 4 members (excludes halogenated alkanes) is 1. The van der Waals surface area contributed by atoms with Crippen LogP contribution in [0.1, 0.15) is 52.9 Å². The number of nitrogens with one attached hydrogen (secondary N) is 1. The van der Waals surface area contributed by atoms with Crippen molar-refractivity contribution in [1.82, 2.24) is 15.1 Å². The highest BCUT2D eigenvalue weighted by molar-refractivity contribution is 14.1. The van der Waals surface area contributed by atoms with Gasteiger partial charge in [0.25, 0.3) is 0 Å². The zero-order chi connectivity index (χ0) is 19.2. The lowest BCUT2D eigenvalue weighted by Crippen LogP contribution is -2.46. The van der Waals surface area contributed by atoms with Crippen LogP contribution in [-0.2, 0) is 9.53 Å². The first-order valence-electron chi connectivity index (χ1n) is 10.4. The summed E-state index contributed by atoms with van der Waals surface area (Å²) in [5.74, 6) is 0.958. The van der Waals surface area contributed by atoms with Gasteiger partial charge in [-0.25, -0.2) is 0 Å². The monoisotopic (exact) mass is 481 g/mol. The number of hydrogen-bond donors (Lipinski definition) is 1. The molecule has 0 aromatic carbocycles. The number of ether oxygens (including phenoxy) is 1. The smallest absolute Gasteiger partial charge is 0.220 e. The summed E-state index contributed by atoms with van der Waals surface area (Å²) in [6, 6.07) is 0. The van der Waals surface area contributed by atoms with E-state index in [0.29, 0.717) is 23.5 Å². The zero-order valence-corrected chi connectivity index (χ0v) is 19.3. The SMILES string of the molecule is CC(C)CCN1CCN(CCCCC(=O)NCCOCCC(C)I)CC1. The Morgan fingerprint density at radius 3 is 2.27 bits per heavy atom. The Bertz CT molecular complexity index is 359. The highest BCUT2D eigenvalue weighted by atomic mass is 127. The Hall–Kier alpha value is 0.0800. The third-order valence-corrected chi connectivity index (χ3v) is 5.47. The van der Waals surface area contributed by atoms with E-state index in [1.165, 1.54) is 39.1 Å². The summed E-state index contributed by atoms with van der Waals surface area (Å²) in [5.41, 5.74) is 0. The first kappa shape index (κ1) is 24.1. The number of hydrogen-bond acceptors (Lipinski definition) is 4. The summed E-state index contributed by atoms with van der Waals surface area (Å²) in [6.07, 6.45) is 5.10. The van der Waals surface area contributed by atoms with E-state index < -0.39 is 0 Å². The molecule has 0 aromatic rings. The fourth-order valence-electron chi connectivity index (χ4n) is 3.00. The molecule has 26 heavy (non-hydrogen) atoms. The highest BCUT2D eigenvalue weighted by Gasteiger charge is 2.16. The van der Waals surface area contributed by atoms with Crippen LogP contribution in [-0.4, -0.2) is 78.7 Å². The van der Waals surface area contributed by atoms with Gasteiger partial charge in [0.15, 0.2) is 0 Å². The van der Waals surface area contributed by atoms with Crippen LogP contribution >= 0.6 is 22.6 Å². The second kappa shape index (κ2) is 15.1. The van der Waals surface area contributed by atoms with E-state index in [-0.39, 0.29) is 5.91 Å². The number of carbonyl (C=O) groups excluding carboxylic acids is 1. The molecule has 0 aliphatic carbocycles. The predicted octanol–water partition coefficient (Wildman–Crippen LogP) is 3.17. The summed E-state index contributed by atoms with van der Waals surface area (Å²) < 4.78 is 6.15. The van der Waals surface area contributed by atoms with E-state index in [1.807, 2.05) is 0 Å². The predicted molar refractivity (Wildman–Crippen MR) is 118 cm³/mol. The van der Waals surface area contributed by atoms with Crippen molar-refractivity contribution in [2.45, 2.75) is 56.8 Å².